The average molecular weight is 331 g/mol. The highest BCUT2D eigenvalue weighted by atomic mass is 32.1. The van der Waals surface area contributed by atoms with Crippen LogP contribution in [0.2, 0.25) is 0 Å². The fourth-order valence-corrected chi connectivity index (χ4v) is 3.13. The smallest absolute Gasteiger partial charge is 0.275 e. The van der Waals surface area contributed by atoms with E-state index in [1.165, 1.54) is 17.4 Å². The number of halogens is 1. The zero-order valence-corrected chi connectivity index (χ0v) is 14.3. The lowest BCUT2D eigenvalue weighted by Gasteiger charge is -2.06. The topological polar surface area (TPSA) is 65.8 Å². The quantitative estimate of drug-likeness (QED) is 0.823. The fourth-order valence-electron chi connectivity index (χ4n) is 2.10. The van der Waals surface area contributed by atoms with E-state index in [4.69, 9.17) is 5.41 Å². The number of carbonyl (C=O) groups excluding carboxylic acids is 1. The SMILES string of the molecule is CC(C)=C(C=N)NC(=O)c1nc(-c2c(C)cccc2F)sc1C. The number of rotatable bonds is 4. The minimum Gasteiger partial charge on any atom is -0.319 e. The van der Waals surface area contributed by atoms with Crippen LogP contribution < -0.4 is 5.32 Å². The molecule has 0 aliphatic carbocycles. The molecular weight excluding hydrogens is 313 g/mol. The Morgan fingerprint density at radius 2 is 2.04 bits per heavy atom. The normalized spacial score (nSPS) is 10.3. The van der Waals surface area contributed by atoms with Crippen molar-refractivity contribution < 1.29 is 9.18 Å². The van der Waals surface area contributed by atoms with Crippen molar-refractivity contribution in [1.82, 2.24) is 10.3 Å². The van der Waals surface area contributed by atoms with E-state index in [2.05, 4.69) is 10.3 Å². The highest BCUT2D eigenvalue weighted by Gasteiger charge is 2.19. The Morgan fingerprint density at radius 3 is 2.61 bits per heavy atom. The molecule has 0 aliphatic heterocycles. The Balaban J connectivity index is 2.41. The van der Waals surface area contributed by atoms with Gasteiger partial charge in [0.05, 0.1) is 5.70 Å². The maximum absolute atomic E-state index is 14.1. The van der Waals surface area contributed by atoms with Crippen molar-refractivity contribution in [2.24, 2.45) is 0 Å². The number of allylic oxidation sites excluding steroid dienone is 2. The van der Waals surface area contributed by atoms with Crippen molar-refractivity contribution in [3.63, 3.8) is 0 Å². The Bertz CT molecular complexity index is 784. The molecule has 0 spiro atoms. The van der Waals surface area contributed by atoms with Gasteiger partial charge in [0.1, 0.15) is 16.5 Å². The molecule has 0 radical (unpaired) electrons. The molecule has 23 heavy (non-hydrogen) atoms. The summed E-state index contributed by atoms with van der Waals surface area (Å²) in [6.45, 7) is 7.20. The van der Waals surface area contributed by atoms with Crippen LogP contribution in [0.1, 0.15) is 34.8 Å². The van der Waals surface area contributed by atoms with E-state index >= 15 is 0 Å². The molecule has 2 rings (SSSR count). The van der Waals surface area contributed by atoms with E-state index in [0.29, 0.717) is 21.1 Å². The third kappa shape index (κ3) is 3.53. The zero-order valence-electron chi connectivity index (χ0n) is 13.5. The second kappa shape index (κ2) is 6.83. The second-order valence-corrected chi connectivity index (χ2v) is 6.57. The van der Waals surface area contributed by atoms with Crippen molar-refractivity contribution in [3.05, 3.63) is 51.4 Å². The Labute approximate surface area is 138 Å². The first-order valence-electron chi connectivity index (χ1n) is 7.07. The van der Waals surface area contributed by atoms with E-state index < -0.39 is 5.91 Å². The van der Waals surface area contributed by atoms with Gasteiger partial charge in [-0.25, -0.2) is 9.37 Å². The van der Waals surface area contributed by atoms with E-state index in [0.717, 1.165) is 17.4 Å². The van der Waals surface area contributed by atoms with Crippen LogP contribution in [-0.4, -0.2) is 17.1 Å². The minimum absolute atomic E-state index is 0.258. The fraction of sp³-hybridized carbons (Fsp3) is 0.235. The third-order valence-corrected chi connectivity index (χ3v) is 4.37. The summed E-state index contributed by atoms with van der Waals surface area (Å²) in [5, 5.41) is 10.5. The van der Waals surface area contributed by atoms with Crippen molar-refractivity contribution >= 4 is 23.5 Å². The first-order valence-corrected chi connectivity index (χ1v) is 7.89. The first kappa shape index (κ1) is 17.0. The highest BCUT2D eigenvalue weighted by Crippen LogP contribution is 2.32. The van der Waals surface area contributed by atoms with Crippen molar-refractivity contribution in [3.8, 4) is 10.6 Å². The molecule has 0 aliphatic rings. The molecule has 0 saturated heterocycles. The lowest BCUT2D eigenvalue weighted by Crippen LogP contribution is -2.25. The van der Waals surface area contributed by atoms with Crippen LogP contribution in [0.4, 0.5) is 4.39 Å². The molecule has 120 valence electrons. The number of carbonyl (C=O) groups is 1. The molecule has 1 amide bonds. The van der Waals surface area contributed by atoms with E-state index in [1.54, 1.807) is 13.0 Å². The van der Waals surface area contributed by atoms with Gasteiger partial charge in [0.15, 0.2) is 0 Å². The maximum Gasteiger partial charge on any atom is 0.275 e. The van der Waals surface area contributed by atoms with Gasteiger partial charge < -0.3 is 10.7 Å². The van der Waals surface area contributed by atoms with Gasteiger partial charge in [-0.2, -0.15) is 0 Å². The van der Waals surface area contributed by atoms with Crippen LogP contribution >= 0.6 is 11.3 Å². The van der Waals surface area contributed by atoms with Gasteiger partial charge >= 0.3 is 0 Å². The highest BCUT2D eigenvalue weighted by molar-refractivity contribution is 7.15. The zero-order chi connectivity index (χ0) is 17.1. The van der Waals surface area contributed by atoms with Crippen LogP contribution in [0.3, 0.4) is 0 Å². The molecule has 1 heterocycles. The van der Waals surface area contributed by atoms with Crippen LogP contribution in [0.15, 0.2) is 29.5 Å². The van der Waals surface area contributed by atoms with Gasteiger partial charge in [0, 0.05) is 16.7 Å². The summed E-state index contributed by atoms with van der Waals surface area (Å²) >= 11 is 1.28. The van der Waals surface area contributed by atoms with Crippen LogP contribution in [0.5, 0.6) is 0 Å². The van der Waals surface area contributed by atoms with Gasteiger partial charge in [-0.1, -0.05) is 17.7 Å². The first-order chi connectivity index (χ1) is 10.8. The molecular formula is C17H18FN3OS. The molecule has 0 atom stereocenters. The molecule has 4 nitrogen and oxygen atoms in total. The molecule has 2 N–H and O–H groups in total. The Hall–Kier alpha value is -2.34. The molecule has 2 aromatic rings. The largest absolute Gasteiger partial charge is 0.319 e. The van der Waals surface area contributed by atoms with E-state index in [1.807, 2.05) is 26.8 Å². The van der Waals surface area contributed by atoms with Crippen molar-refractivity contribution in [2.45, 2.75) is 27.7 Å². The lowest BCUT2D eigenvalue weighted by molar-refractivity contribution is 0.0963. The lowest BCUT2D eigenvalue weighted by atomic mass is 10.1. The number of aromatic nitrogens is 1. The Kier molecular flexibility index (Phi) is 5.05. The summed E-state index contributed by atoms with van der Waals surface area (Å²) in [6, 6.07) is 4.84. The number of benzene rings is 1. The van der Waals surface area contributed by atoms with Crippen LogP contribution in [0.25, 0.3) is 10.6 Å². The van der Waals surface area contributed by atoms with Crippen molar-refractivity contribution in [1.29, 1.82) is 5.41 Å². The van der Waals surface area contributed by atoms with Gasteiger partial charge in [0.25, 0.3) is 5.91 Å². The van der Waals surface area contributed by atoms with Gasteiger partial charge in [-0.05, 0) is 39.3 Å². The molecule has 0 saturated carbocycles. The third-order valence-electron chi connectivity index (χ3n) is 3.38. The van der Waals surface area contributed by atoms with Crippen LogP contribution in [-0.2, 0) is 0 Å². The molecule has 1 aromatic heterocycles. The maximum atomic E-state index is 14.1. The standard InChI is InChI=1S/C17H18FN3OS/c1-9(2)13(8-19)20-16(22)15-11(4)23-17(21-15)14-10(3)6-5-7-12(14)18/h5-8,19H,1-4H3,(H,20,22). The molecule has 0 fully saturated rings. The minimum atomic E-state index is -0.390. The van der Waals surface area contributed by atoms with Crippen molar-refractivity contribution in [2.75, 3.05) is 0 Å². The number of nitrogens with zero attached hydrogens (tertiary/aromatic N) is 1. The summed E-state index contributed by atoms with van der Waals surface area (Å²) in [4.78, 5) is 17.4. The number of aryl methyl sites for hydroxylation is 2. The molecule has 0 bridgehead atoms. The van der Waals surface area contributed by atoms with Gasteiger partial charge in [-0.3, -0.25) is 4.79 Å². The number of amides is 1. The summed E-state index contributed by atoms with van der Waals surface area (Å²) in [7, 11) is 0. The number of thiazole rings is 1. The Morgan fingerprint density at radius 1 is 1.35 bits per heavy atom. The van der Waals surface area contributed by atoms with Crippen LogP contribution in [0, 0.1) is 25.1 Å². The average Bonchev–Trinajstić information content (AvgIpc) is 2.85. The summed E-state index contributed by atoms with van der Waals surface area (Å²) in [5.74, 6) is -0.742. The monoisotopic (exact) mass is 331 g/mol. The summed E-state index contributed by atoms with van der Waals surface area (Å²) in [5.41, 5.74) is 2.72. The number of hydrogen-bond acceptors (Lipinski definition) is 4. The molecule has 6 heteroatoms. The molecule has 1 aromatic carbocycles. The van der Waals surface area contributed by atoms with E-state index in [9.17, 15) is 9.18 Å². The molecule has 0 unspecified atom stereocenters. The number of nitrogens with one attached hydrogen (secondary N) is 2. The number of hydrogen-bond donors (Lipinski definition) is 2. The van der Waals surface area contributed by atoms with E-state index in [-0.39, 0.29) is 11.5 Å². The summed E-state index contributed by atoms with van der Waals surface area (Å²) in [6.07, 6.45) is 1.09. The second-order valence-electron chi connectivity index (χ2n) is 5.37. The van der Waals surface area contributed by atoms with Gasteiger partial charge in [0.2, 0.25) is 0 Å². The predicted octanol–water partition coefficient (Wildman–Crippen LogP) is 4.24. The predicted molar refractivity (Wildman–Crippen MR) is 91.6 cm³/mol. The summed E-state index contributed by atoms with van der Waals surface area (Å²) < 4.78 is 14.1. The van der Waals surface area contributed by atoms with Gasteiger partial charge in [-0.15, -0.1) is 11.3 Å².